The molecule has 0 spiro atoms. The number of carbonyl (C=O) groups is 1. The van der Waals surface area contributed by atoms with Crippen molar-refractivity contribution >= 4 is 28.5 Å². The summed E-state index contributed by atoms with van der Waals surface area (Å²) in [6.45, 7) is 2.49. The predicted octanol–water partition coefficient (Wildman–Crippen LogP) is 3.07. The number of aromatic nitrogens is 2. The second kappa shape index (κ2) is 8.15. The molecule has 3 aromatic rings. The molecular weight excluding hydrogens is 364 g/mol. The summed E-state index contributed by atoms with van der Waals surface area (Å²) in [6.07, 6.45) is 0. The van der Waals surface area contributed by atoms with Gasteiger partial charge in [0.05, 0.1) is 12.2 Å². The van der Waals surface area contributed by atoms with E-state index in [2.05, 4.69) is 10.4 Å². The maximum atomic E-state index is 12.5. The van der Waals surface area contributed by atoms with Crippen LogP contribution in [-0.4, -0.2) is 31.5 Å². The van der Waals surface area contributed by atoms with Gasteiger partial charge in [0.25, 0.3) is 17.2 Å². The zero-order valence-corrected chi connectivity index (χ0v) is 15.8. The molecule has 1 unspecified atom stereocenters. The molecule has 0 aliphatic rings. The molecule has 7 nitrogen and oxygen atoms in total. The molecule has 0 aliphatic heterocycles. The first-order valence-corrected chi connectivity index (χ1v) is 9.35. The molecule has 1 amide bonds. The monoisotopic (exact) mass is 384 g/mol. The number of nitrogens with one attached hydrogen (secondary N) is 1. The van der Waals surface area contributed by atoms with Crippen LogP contribution < -0.4 is 9.62 Å². The second-order valence-electron chi connectivity index (χ2n) is 6.05. The highest BCUT2D eigenvalue weighted by Crippen LogP contribution is 2.20. The van der Waals surface area contributed by atoms with Crippen molar-refractivity contribution in [3.8, 4) is 0 Å². The van der Waals surface area contributed by atoms with Crippen LogP contribution in [0.4, 0.5) is 11.4 Å². The molecule has 1 aromatic heterocycles. The molecule has 1 atom stereocenters. The van der Waals surface area contributed by atoms with Crippen LogP contribution in [-0.2, 0) is 17.8 Å². The standard InChI is InChI=1S/C19H20N4O3S/c1-14-11-18(21-23(14)13-15-7-4-3-5-8-15)19(24)20-16-9-6-10-17(12-16)22(2)27(25)26/h3-12H,13H2,1-2H3,(H,20,24)(H,25,26). The summed E-state index contributed by atoms with van der Waals surface area (Å²) < 4.78 is 23.3. The summed E-state index contributed by atoms with van der Waals surface area (Å²) in [4.78, 5) is 12.5. The third-order valence-corrected chi connectivity index (χ3v) is 4.77. The Morgan fingerprint density at radius 2 is 1.93 bits per heavy atom. The normalized spacial score (nSPS) is 11.8. The van der Waals surface area contributed by atoms with E-state index in [0.717, 1.165) is 11.3 Å². The van der Waals surface area contributed by atoms with Gasteiger partial charge in [-0.05, 0) is 36.8 Å². The summed E-state index contributed by atoms with van der Waals surface area (Å²) in [5.74, 6) is -0.338. The van der Waals surface area contributed by atoms with Crippen molar-refractivity contribution in [3.05, 3.63) is 77.6 Å². The van der Waals surface area contributed by atoms with E-state index < -0.39 is 11.3 Å². The van der Waals surface area contributed by atoms with E-state index in [1.54, 1.807) is 35.0 Å². The molecule has 1 heterocycles. The third kappa shape index (κ3) is 4.60. The van der Waals surface area contributed by atoms with Gasteiger partial charge in [-0.25, -0.2) is 4.21 Å². The molecule has 0 fully saturated rings. The zero-order chi connectivity index (χ0) is 19.4. The van der Waals surface area contributed by atoms with Gasteiger partial charge in [-0.2, -0.15) is 5.10 Å². The molecule has 0 saturated heterocycles. The molecule has 0 bridgehead atoms. The minimum atomic E-state index is -2.13. The Balaban J connectivity index is 1.74. The Bertz CT molecular complexity index is 972. The van der Waals surface area contributed by atoms with Gasteiger partial charge in [-0.15, -0.1) is 0 Å². The van der Waals surface area contributed by atoms with E-state index in [4.69, 9.17) is 0 Å². The van der Waals surface area contributed by atoms with Crippen molar-refractivity contribution in [1.29, 1.82) is 0 Å². The van der Waals surface area contributed by atoms with E-state index in [1.165, 1.54) is 11.4 Å². The molecular formula is C19H20N4O3S. The smallest absolute Gasteiger partial charge is 0.276 e. The van der Waals surface area contributed by atoms with Crippen LogP contribution in [0.1, 0.15) is 21.7 Å². The van der Waals surface area contributed by atoms with Crippen molar-refractivity contribution in [3.63, 3.8) is 0 Å². The number of amides is 1. The van der Waals surface area contributed by atoms with Gasteiger partial charge >= 0.3 is 0 Å². The van der Waals surface area contributed by atoms with Crippen molar-refractivity contribution < 1.29 is 13.6 Å². The van der Waals surface area contributed by atoms with Crippen LogP contribution in [0.5, 0.6) is 0 Å². The number of anilines is 2. The van der Waals surface area contributed by atoms with E-state index >= 15 is 0 Å². The van der Waals surface area contributed by atoms with Gasteiger partial charge in [0.15, 0.2) is 5.69 Å². The third-order valence-electron chi connectivity index (χ3n) is 4.09. The van der Waals surface area contributed by atoms with Crippen LogP contribution in [0.25, 0.3) is 0 Å². The summed E-state index contributed by atoms with van der Waals surface area (Å²) in [7, 11) is 1.49. The first-order chi connectivity index (χ1) is 12.9. The van der Waals surface area contributed by atoms with Crippen molar-refractivity contribution in [2.45, 2.75) is 13.5 Å². The quantitative estimate of drug-likeness (QED) is 0.640. The van der Waals surface area contributed by atoms with Gasteiger partial charge in [0, 0.05) is 18.4 Å². The molecule has 8 heteroatoms. The molecule has 3 rings (SSSR count). The maximum Gasteiger partial charge on any atom is 0.276 e. The SMILES string of the molecule is Cc1cc(C(=O)Nc2cccc(N(C)S(=O)O)c2)nn1Cc1ccccc1. The molecule has 0 aliphatic carbocycles. The average Bonchev–Trinajstić information content (AvgIpc) is 3.03. The van der Waals surface area contributed by atoms with Gasteiger partial charge in [0.2, 0.25) is 0 Å². The fourth-order valence-corrected chi connectivity index (χ4v) is 2.90. The summed E-state index contributed by atoms with van der Waals surface area (Å²) in [6, 6.07) is 18.4. The summed E-state index contributed by atoms with van der Waals surface area (Å²) in [5, 5.41) is 7.17. The number of hydrogen-bond donors (Lipinski definition) is 2. The Labute approximate surface area is 160 Å². The van der Waals surface area contributed by atoms with Crippen LogP contribution in [0.2, 0.25) is 0 Å². The lowest BCUT2D eigenvalue weighted by Gasteiger charge is -2.14. The number of aryl methyl sites for hydroxylation is 1. The fourth-order valence-electron chi connectivity index (χ4n) is 2.60. The van der Waals surface area contributed by atoms with Gasteiger partial charge < -0.3 is 5.32 Å². The minimum absolute atomic E-state index is 0.313. The Kier molecular flexibility index (Phi) is 5.68. The van der Waals surface area contributed by atoms with Crippen LogP contribution in [0.15, 0.2) is 60.7 Å². The highest BCUT2D eigenvalue weighted by Gasteiger charge is 2.14. The molecule has 0 saturated carbocycles. The lowest BCUT2D eigenvalue weighted by Crippen LogP contribution is -2.19. The zero-order valence-electron chi connectivity index (χ0n) is 15.0. The van der Waals surface area contributed by atoms with Crippen LogP contribution >= 0.6 is 0 Å². The van der Waals surface area contributed by atoms with Crippen molar-refractivity contribution in [2.75, 3.05) is 16.7 Å². The number of hydrogen-bond acceptors (Lipinski definition) is 3. The Hall–Kier alpha value is -2.97. The summed E-state index contributed by atoms with van der Waals surface area (Å²) in [5.41, 5.74) is 3.33. The van der Waals surface area contributed by atoms with E-state index in [-0.39, 0.29) is 5.91 Å². The Morgan fingerprint density at radius 3 is 2.63 bits per heavy atom. The molecule has 0 radical (unpaired) electrons. The van der Waals surface area contributed by atoms with E-state index in [0.29, 0.717) is 23.6 Å². The number of rotatable bonds is 6. The number of nitrogens with zero attached hydrogens (tertiary/aromatic N) is 3. The lowest BCUT2D eigenvalue weighted by atomic mass is 10.2. The average molecular weight is 384 g/mol. The maximum absolute atomic E-state index is 12.5. The van der Waals surface area contributed by atoms with Crippen LogP contribution in [0, 0.1) is 6.92 Å². The highest BCUT2D eigenvalue weighted by molar-refractivity contribution is 7.80. The molecule has 27 heavy (non-hydrogen) atoms. The Morgan fingerprint density at radius 1 is 1.19 bits per heavy atom. The second-order valence-corrected chi connectivity index (χ2v) is 7.06. The molecule has 2 aromatic carbocycles. The first-order valence-electron chi connectivity index (χ1n) is 8.28. The van der Waals surface area contributed by atoms with E-state index in [1.807, 2.05) is 37.3 Å². The van der Waals surface area contributed by atoms with Crippen molar-refractivity contribution in [1.82, 2.24) is 9.78 Å². The number of carbonyl (C=O) groups excluding carboxylic acids is 1. The molecule has 2 N–H and O–H groups in total. The van der Waals surface area contributed by atoms with Crippen molar-refractivity contribution in [2.24, 2.45) is 0 Å². The first kappa shape index (κ1) is 18.8. The number of benzene rings is 2. The largest absolute Gasteiger partial charge is 0.321 e. The topological polar surface area (TPSA) is 87.5 Å². The van der Waals surface area contributed by atoms with E-state index in [9.17, 15) is 13.6 Å². The van der Waals surface area contributed by atoms with Gasteiger partial charge in [0.1, 0.15) is 0 Å². The molecule has 140 valence electrons. The lowest BCUT2D eigenvalue weighted by molar-refractivity contribution is 0.102. The highest BCUT2D eigenvalue weighted by atomic mass is 32.2. The summed E-state index contributed by atoms with van der Waals surface area (Å²) >= 11 is -2.13. The fraction of sp³-hybridized carbons (Fsp3) is 0.158. The predicted molar refractivity (Wildman–Crippen MR) is 106 cm³/mol. The van der Waals surface area contributed by atoms with Gasteiger partial charge in [-0.1, -0.05) is 36.4 Å². The van der Waals surface area contributed by atoms with Crippen LogP contribution in [0.3, 0.4) is 0 Å². The minimum Gasteiger partial charge on any atom is -0.321 e. The van der Waals surface area contributed by atoms with Gasteiger partial charge in [-0.3, -0.25) is 18.3 Å².